The highest BCUT2D eigenvalue weighted by atomic mass is 35.5. The number of hydrogen-bond donors (Lipinski definition) is 2. The summed E-state index contributed by atoms with van der Waals surface area (Å²) in [7, 11) is 0. The summed E-state index contributed by atoms with van der Waals surface area (Å²) in [6.45, 7) is 0.752. The second-order valence-electron chi connectivity index (χ2n) is 6.30. The summed E-state index contributed by atoms with van der Waals surface area (Å²) >= 11 is 7.58. The van der Waals surface area contributed by atoms with Gasteiger partial charge in [-0.3, -0.25) is 0 Å². The fraction of sp³-hybridized carbons (Fsp3) is 0.500. The van der Waals surface area contributed by atoms with Crippen molar-refractivity contribution in [2.24, 2.45) is 5.73 Å². The van der Waals surface area contributed by atoms with E-state index in [0.29, 0.717) is 17.9 Å². The summed E-state index contributed by atoms with van der Waals surface area (Å²) in [5.41, 5.74) is 7.08. The maximum atomic E-state index is 5.98. The molecule has 0 spiro atoms. The van der Waals surface area contributed by atoms with E-state index in [2.05, 4.69) is 17.4 Å². The standard InChI is InChI=1S/C16H19ClN4S/c17-14-4-3-12(22-14)8-19-15-7-13(10-5-11(18)6-10)20-16(21-15)9-1-2-9/h3-4,7,9-11H,1-2,5-6,8,18H2,(H,19,20,21). The van der Waals surface area contributed by atoms with E-state index in [1.807, 2.05) is 6.07 Å². The van der Waals surface area contributed by atoms with Gasteiger partial charge in [-0.25, -0.2) is 9.97 Å². The molecule has 2 aromatic heterocycles. The molecule has 2 aliphatic rings. The average molecular weight is 335 g/mol. The molecule has 3 N–H and O–H groups in total. The van der Waals surface area contributed by atoms with Gasteiger partial charge in [0, 0.05) is 34.5 Å². The second-order valence-corrected chi connectivity index (χ2v) is 8.10. The van der Waals surface area contributed by atoms with Gasteiger partial charge in [0.25, 0.3) is 0 Å². The molecule has 0 bridgehead atoms. The number of nitrogens with two attached hydrogens (primary N) is 1. The number of hydrogen-bond acceptors (Lipinski definition) is 5. The maximum Gasteiger partial charge on any atom is 0.134 e. The molecule has 0 unspecified atom stereocenters. The Hall–Kier alpha value is -1.17. The van der Waals surface area contributed by atoms with E-state index in [1.165, 1.54) is 17.7 Å². The van der Waals surface area contributed by atoms with Crippen molar-refractivity contribution in [3.05, 3.63) is 38.9 Å². The van der Waals surface area contributed by atoms with Gasteiger partial charge in [0.15, 0.2) is 0 Å². The molecule has 6 heteroatoms. The van der Waals surface area contributed by atoms with Crippen molar-refractivity contribution in [1.82, 2.24) is 9.97 Å². The first kappa shape index (κ1) is 14.4. The fourth-order valence-corrected chi connectivity index (χ4v) is 3.86. The number of thiophene rings is 1. The lowest BCUT2D eigenvalue weighted by molar-refractivity contribution is 0.344. The molecule has 0 saturated heterocycles. The van der Waals surface area contributed by atoms with E-state index >= 15 is 0 Å². The summed E-state index contributed by atoms with van der Waals surface area (Å²) in [6.07, 6.45) is 4.52. The minimum Gasteiger partial charge on any atom is -0.365 e. The van der Waals surface area contributed by atoms with Crippen LogP contribution in [0.4, 0.5) is 5.82 Å². The Balaban J connectivity index is 1.52. The molecule has 2 aromatic rings. The lowest BCUT2D eigenvalue weighted by Crippen LogP contribution is -2.35. The van der Waals surface area contributed by atoms with Crippen LogP contribution in [-0.2, 0) is 6.54 Å². The van der Waals surface area contributed by atoms with Crippen LogP contribution >= 0.6 is 22.9 Å². The lowest BCUT2D eigenvalue weighted by Gasteiger charge is -2.32. The Labute approximate surface area is 139 Å². The molecule has 22 heavy (non-hydrogen) atoms. The predicted octanol–water partition coefficient (Wildman–Crippen LogP) is 3.89. The quantitative estimate of drug-likeness (QED) is 0.870. The van der Waals surface area contributed by atoms with Gasteiger partial charge in [0.05, 0.1) is 10.9 Å². The number of halogens is 1. The lowest BCUT2D eigenvalue weighted by atomic mass is 9.78. The molecule has 0 aliphatic heterocycles. The Bertz CT molecular complexity index is 677. The molecule has 2 fully saturated rings. The van der Waals surface area contributed by atoms with Crippen LogP contribution in [0.15, 0.2) is 18.2 Å². The van der Waals surface area contributed by atoms with Crippen molar-refractivity contribution in [1.29, 1.82) is 0 Å². The summed E-state index contributed by atoms with van der Waals surface area (Å²) in [4.78, 5) is 10.7. The number of rotatable bonds is 5. The SMILES string of the molecule is NC1CC(c2cc(NCc3ccc(Cl)s3)nc(C3CC3)n2)C1. The summed E-state index contributed by atoms with van der Waals surface area (Å²) < 4.78 is 0.822. The molecule has 0 amide bonds. The van der Waals surface area contributed by atoms with Crippen LogP contribution in [0.2, 0.25) is 4.34 Å². The van der Waals surface area contributed by atoms with Crippen LogP contribution in [-0.4, -0.2) is 16.0 Å². The molecule has 0 aromatic carbocycles. The number of anilines is 1. The molecule has 0 atom stereocenters. The zero-order valence-corrected chi connectivity index (χ0v) is 13.8. The molecule has 4 rings (SSSR count). The first-order valence-electron chi connectivity index (χ1n) is 7.80. The molecule has 2 saturated carbocycles. The van der Waals surface area contributed by atoms with Crippen LogP contribution in [0.3, 0.4) is 0 Å². The first-order valence-corrected chi connectivity index (χ1v) is 8.99. The average Bonchev–Trinajstić information content (AvgIpc) is 3.24. The Morgan fingerprint density at radius 1 is 1.23 bits per heavy atom. The molecule has 4 nitrogen and oxygen atoms in total. The number of nitrogens with one attached hydrogen (secondary N) is 1. The van der Waals surface area contributed by atoms with Crippen LogP contribution < -0.4 is 11.1 Å². The third kappa shape index (κ3) is 3.12. The van der Waals surface area contributed by atoms with Gasteiger partial charge in [-0.2, -0.15) is 0 Å². The number of nitrogens with zero attached hydrogens (tertiary/aromatic N) is 2. The normalized spacial score (nSPS) is 24.1. The molecule has 0 radical (unpaired) electrons. The third-order valence-electron chi connectivity index (χ3n) is 4.37. The molecule has 2 aliphatic carbocycles. The van der Waals surface area contributed by atoms with Crippen LogP contribution in [0, 0.1) is 0 Å². The van der Waals surface area contributed by atoms with Gasteiger partial charge in [-0.1, -0.05) is 11.6 Å². The third-order valence-corrected chi connectivity index (χ3v) is 5.60. The fourth-order valence-electron chi connectivity index (χ4n) is 2.84. The Morgan fingerprint density at radius 2 is 2.05 bits per heavy atom. The Morgan fingerprint density at radius 3 is 2.68 bits per heavy atom. The highest BCUT2D eigenvalue weighted by molar-refractivity contribution is 7.16. The minimum absolute atomic E-state index is 0.342. The smallest absolute Gasteiger partial charge is 0.134 e. The van der Waals surface area contributed by atoms with E-state index in [-0.39, 0.29) is 0 Å². The first-order chi connectivity index (χ1) is 10.7. The number of aromatic nitrogens is 2. The van der Waals surface area contributed by atoms with E-state index in [0.717, 1.165) is 41.1 Å². The highest BCUT2D eigenvalue weighted by Crippen LogP contribution is 2.41. The van der Waals surface area contributed by atoms with Gasteiger partial charge < -0.3 is 11.1 Å². The molecule has 116 valence electrons. The maximum absolute atomic E-state index is 5.98. The van der Waals surface area contributed by atoms with Crippen molar-refractivity contribution in [2.75, 3.05) is 5.32 Å². The van der Waals surface area contributed by atoms with Gasteiger partial charge >= 0.3 is 0 Å². The summed E-state index contributed by atoms with van der Waals surface area (Å²) in [6, 6.07) is 6.42. The zero-order valence-electron chi connectivity index (χ0n) is 12.3. The van der Waals surface area contributed by atoms with Crippen molar-refractivity contribution in [2.45, 2.75) is 50.1 Å². The second kappa shape index (κ2) is 5.80. The largest absolute Gasteiger partial charge is 0.365 e. The van der Waals surface area contributed by atoms with Gasteiger partial charge in [-0.15, -0.1) is 11.3 Å². The summed E-state index contributed by atoms with van der Waals surface area (Å²) in [5.74, 6) is 3.00. The minimum atomic E-state index is 0.342. The van der Waals surface area contributed by atoms with Gasteiger partial charge in [0.1, 0.15) is 11.6 Å². The topological polar surface area (TPSA) is 63.8 Å². The van der Waals surface area contributed by atoms with Crippen LogP contribution in [0.25, 0.3) is 0 Å². The van der Waals surface area contributed by atoms with Crippen molar-refractivity contribution < 1.29 is 0 Å². The monoisotopic (exact) mass is 334 g/mol. The van der Waals surface area contributed by atoms with Crippen LogP contribution in [0.5, 0.6) is 0 Å². The van der Waals surface area contributed by atoms with E-state index in [9.17, 15) is 0 Å². The van der Waals surface area contributed by atoms with Crippen molar-refractivity contribution in [3.8, 4) is 0 Å². The zero-order chi connectivity index (χ0) is 15.1. The van der Waals surface area contributed by atoms with Gasteiger partial charge in [0.2, 0.25) is 0 Å². The van der Waals surface area contributed by atoms with E-state index < -0.39 is 0 Å². The Kier molecular flexibility index (Phi) is 3.80. The predicted molar refractivity (Wildman–Crippen MR) is 90.6 cm³/mol. The highest BCUT2D eigenvalue weighted by Gasteiger charge is 2.32. The molecule has 2 heterocycles. The van der Waals surface area contributed by atoms with Gasteiger partial charge in [-0.05, 0) is 37.8 Å². The summed E-state index contributed by atoms with van der Waals surface area (Å²) in [5, 5.41) is 3.42. The van der Waals surface area contributed by atoms with E-state index in [4.69, 9.17) is 27.3 Å². The molecular weight excluding hydrogens is 316 g/mol. The van der Waals surface area contributed by atoms with Crippen molar-refractivity contribution in [3.63, 3.8) is 0 Å². The van der Waals surface area contributed by atoms with E-state index in [1.54, 1.807) is 11.3 Å². The van der Waals surface area contributed by atoms with Crippen molar-refractivity contribution >= 4 is 28.8 Å². The van der Waals surface area contributed by atoms with Crippen LogP contribution in [0.1, 0.15) is 53.9 Å². The molecular formula is C16H19ClN4S.